The van der Waals surface area contributed by atoms with E-state index in [0.29, 0.717) is 12.6 Å². The summed E-state index contributed by atoms with van der Waals surface area (Å²) < 4.78 is 0. The lowest BCUT2D eigenvalue weighted by Gasteiger charge is -2.01. The Labute approximate surface area is 60.0 Å². The summed E-state index contributed by atoms with van der Waals surface area (Å²) in [6, 6.07) is 0.403. The number of hydrogen-bond acceptors (Lipinski definition) is 2. The summed E-state index contributed by atoms with van der Waals surface area (Å²) in [5.41, 5.74) is 0. The van der Waals surface area contributed by atoms with E-state index in [1.807, 2.05) is 0 Å². The highest BCUT2D eigenvalue weighted by Crippen LogP contribution is 2.02. The molecule has 0 aromatic heterocycles. The summed E-state index contributed by atoms with van der Waals surface area (Å²) in [7, 11) is 0. The van der Waals surface area contributed by atoms with E-state index in [9.17, 15) is 0 Å². The lowest BCUT2D eigenvalue weighted by molar-refractivity contribution is 0.255. The number of rotatable bonds is 1. The van der Waals surface area contributed by atoms with Crippen LogP contribution in [0.15, 0.2) is 0 Å². The van der Waals surface area contributed by atoms with E-state index in [4.69, 9.17) is 5.11 Å². The zero-order valence-corrected chi connectivity index (χ0v) is 6.47. The largest absolute Gasteiger partial charge is 0.395 e. The Hall–Kier alpha value is 0.400. The third kappa shape index (κ3) is 2.11. The quantitative estimate of drug-likeness (QED) is 0.611. The van der Waals surface area contributed by atoms with Crippen LogP contribution in [0.1, 0.15) is 12.8 Å². The van der Waals surface area contributed by atoms with Gasteiger partial charge in [-0.3, -0.25) is 0 Å². The maximum Gasteiger partial charge on any atom is 0.0584 e. The van der Waals surface area contributed by atoms with Crippen molar-refractivity contribution >= 4 is 17.0 Å². The maximum atomic E-state index is 8.50. The summed E-state index contributed by atoms with van der Waals surface area (Å²) in [6.07, 6.45) is 2.38. The summed E-state index contributed by atoms with van der Waals surface area (Å²) in [4.78, 5) is 0. The van der Waals surface area contributed by atoms with Crippen LogP contribution in [-0.4, -0.2) is 24.3 Å². The van der Waals surface area contributed by atoms with Gasteiger partial charge >= 0.3 is 0 Å². The molecule has 0 radical (unpaired) electrons. The van der Waals surface area contributed by atoms with Crippen LogP contribution in [0.25, 0.3) is 0 Å². The number of halogens is 1. The number of aliphatic hydroxyl groups excluding tert-OH is 1. The van der Waals surface area contributed by atoms with Crippen LogP contribution in [0.2, 0.25) is 0 Å². The van der Waals surface area contributed by atoms with Gasteiger partial charge in [0.05, 0.1) is 6.61 Å². The smallest absolute Gasteiger partial charge is 0.0584 e. The molecule has 1 saturated heterocycles. The number of aliphatic hydroxyl groups is 1. The first kappa shape index (κ1) is 8.40. The number of hydrogen-bond donors (Lipinski definition) is 2. The summed E-state index contributed by atoms with van der Waals surface area (Å²) in [6.45, 7) is 1.39. The molecule has 1 heterocycles. The van der Waals surface area contributed by atoms with E-state index in [2.05, 4.69) is 5.32 Å². The van der Waals surface area contributed by atoms with E-state index in [1.165, 1.54) is 6.42 Å². The van der Waals surface area contributed by atoms with Crippen molar-refractivity contribution in [3.05, 3.63) is 0 Å². The molecule has 1 fully saturated rings. The summed E-state index contributed by atoms with van der Waals surface area (Å²) >= 11 is 0. The van der Waals surface area contributed by atoms with Gasteiger partial charge in [-0.05, 0) is 19.4 Å². The van der Waals surface area contributed by atoms with Gasteiger partial charge in [0.15, 0.2) is 0 Å². The molecule has 50 valence electrons. The first-order valence-corrected chi connectivity index (χ1v) is 2.77. The normalized spacial score (nSPS) is 27.4. The molecule has 3 heteroatoms. The van der Waals surface area contributed by atoms with Gasteiger partial charge in [0, 0.05) is 6.04 Å². The molecule has 0 bridgehead atoms. The molecule has 0 aliphatic carbocycles. The molecular weight excluding hydrogens is 170 g/mol. The highest BCUT2D eigenvalue weighted by atomic mass is 79.9. The van der Waals surface area contributed by atoms with Gasteiger partial charge in [-0.25, -0.2) is 0 Å². The number of nitrogens with one attached hydrogen (secondary N) is 1. The van der Waals surface area contributed by atoms with Crippen LogP contribution in [-0.2, 0) is 0 Å². The second-order valence-corrected chi connectivity index (χ2v) is 1.98. The molecule has 0 unspecified atom stereocenters. The van der Waals surface area contributed by atoms with E-state index in [1.54, 1.807) is 0 Å². The lowest BCUT2D eigenvalue weighted by Crippen LogP contribution is -2.24. The molecule has 2 nitrogen and oxygen atoms in total. The Morgan fingerprint density at radius 2 is 2.38 bits per heavy atom. The van der Waals surface area contributed by atoms with E-state index < -0.39 is 0 Å². The Bertz CT molecular complexity index is 54.4. The summed E-state index contributed by atoms with van der Waals surface area (Å²) in [5, 5.41) is 11.7. The van der Waals surface area contributed by atoms with E-state index in [-0.39, 0.29) is 17.0 Å². The predicted molar refractivity (Wildman–Crippen MR) is 38.4 cm³/mol. The van der Waals surface area contributed by atoms with Crippen molar-refractivity contribution in [2.75, 3.05) is 13.2 Å². The van der Waals surface area contributed by atoms with E-state index >= 15 is 0 Å². The average Bonchev–Trinajstić information content (AvgIpc) is 2.14. The third-order valence-corrected chi connectivity index (χ3v) is 1.38. The first-order valence-electron chi connectivity index (χ1n) is 2.77. The van der Waals surface area contributed by atoms with Gasteiger partial charge in [0.2, 0.25) is 0 Å². The molecule has 1 aliphatic rings. The fourth-order valence-electron chi connectivity index (χ4n) is 0.913. The molecule has 0 spiro atoms. The van der Waals surface area contributed by atoms with Crippen molar-refractivity contribution in [3.8, 4) is 0 Å². The van der Waals surface area contributed by atoms with Gasteiger partial charge in [-0.2, -0.15) is 0 Å². The first-order chi connectivity index (χ1) is 3.43. The minimum atomic E-state index is 0. The topological polar surface area (TPSA) is 32.3 Å². The fraction of sp³-hybridized carbons (Fsp3) is 1.00. The minimum Gasteiger partial charge on any atom is -0.395 e. The predicted octanol–water partition coefficient (Wildman–Crippen LogP) is 0.309. The van der Waals surface area contributed by atoms with Crippen molar-refractivity contribution in [2.45, 2.75) is 18.9 Å². The van der Waals surface area contributed by atoms with Crippen LogP contribution in [0.4, 0.5) is 0 Å². The standard InChI is InChI=1S/C5H11NO.BrH/c7-4-5-2-1-3-6-5;/h5-7H,1-4H2;1H/t5-;/m0./s1. The van der Waals surface area contributed by atoms with Gasteiger partial charge in [0.1, 0.15) is 0 Å². The molecule has 1 rings (SSSR count). The van der Waals surface area contributed by atoms with Crippen molar-refractivity contribution < 1.29 is 5.11 Å². The highest BCUT2D eigenvalue weighted by molar-refractivity contribution is 8.93. The van der Waals surface area contributed by atoms with Gasteiger partial charge in [-0.15, -0.1) is 17.0 Å². The monoisotopic (exact) mass is 181 g/mol. The maximum absolute atomic E-state index is 8.50. The van der Waals surface area contributed by atoms with Crippen molar-refractivity contribution in [1.29, 1.82) is 0 Å². The Kier molecular flexibility index (Phi) is 4.51. The Balaban J connectivity index is 0.000000490. The Morgan fingerprint density at radius 3 is 2.62 bits per heavy atom. The zero-order valence-electron chi connectivity index (χ0n) is 4.76. The molecule has 0 amide bonds. The van der Waals surface area contributed by atoms with Gasteiger partial charge in [-0.1, -0.05) is 0 Å². The molecule has 8 heavy (non-hydrogen) atoms. The molecule has 2 N–H and O–H groups in total. The minimum absolute atomic E-state index is 0. The Morgan fingerprint density at radius 1 is 1.62 bits per heavy atom. The molecule has 0 aromatic carbocycles. The van der Waals surface area contributed by atoms with Crippen molar-refractivity contribution in [2.24, 2.45) is 0 Å². The van der Waals surface area contributed by atoms with Gasteiger partial charge in [0.25, 0.3) is 0 Å². The SMILES string of the molecule is Br.OC[C@@H]1CCCN1. The van der Waals surface area contributed by atoms with Crippen LogP contribution < -0.4 is 5.32 Å². The van der Waals surface area contributed by atoms with Crippen molar-refractivity contribution in [1.82, 2.24) is 5.32 Å². The highest BCUT2D eigenvalue weighted by Gasteiger charge is 2.10. The molecule has 0 saturated carbocycles. The zero-order chi connectivity index (χ0) is 5.11. The average molecular weight is 182 g/mol. The molecule has 1 aliphatic heterocycles. The molecule has 1 atom stereocenters. The summed E-state index contributed by atoms with van der Waals surface area (Å²) in [5.74, 6) is 0. The van der Waals surface area contributed by atoms with Crippen molar-refractivity contribution in [3.63, 3.8) is 0 Å². The molecular formula is C5H12BrNO. The van der Waals surface area contributed by atoms with Crippen LogP contribution in [0, 0.1) is 0 Å². The van der Waals surface area contributed by atoms with Crippen LogP contribution >= 0.6 is 17.0 Å². The lowest BCUT2D eigenvalue weighted by atomic mass is 10.2. The second-order valence-electron chi connectivity index (χ2n) is 1.98. The molecule has 0 aromatic rings. The van der Waals surface area contributed by atoms with E-state index in [0.717, 1.165) is 13.0 Å². The fourth-order valence-corrected chi connectivity index (χ4v) is 0.913. The van der Waals surface area contributed by atoms with Crippen LogP contribution in [0.5, 0.6) is 0 Å². The van der Waals surface area contributed by atoms with Gasteiger partial charge < -0.3 is 10.4 Å². The third-order valence-electron chi connectivity index (χ3n) is 1.38. The second kappa shape index (κ2) is 4.30. The van der Waals surface area contributed by atoms with Crippen LogP contribution in [0.3, 0.4) is 0 Å².